The van der Waals surface area contributed by atoms with E-state index >= 15 is 0 Å². The van der Waals surface area contributed by atoms with Crippen LogP contribution in [0, 0.1) is 12.7 Å². The molecule has 0 aliphatic rings. The van der Waals surface area contributed by atoms with Gasteiger partial charge in [0.15, 0.2) is 0 Å². The van der Waals surface area contributed by atoms with E-state index in [9.17, 15) is 14.0 Å². The largest absolute Gasteiger partial charge is 0.323 e. The summed E-state index contributed by atoms with van der Waals surface area (Å²) in [5.41, 5.74) is 0.811. The van der Waals surface area contributed by atoms with E-state index in [-0.39, 0.29) is 17.2 Å². The van der Waals surface area contributed by atoms with Gasteiger partial charge in [-0.15, -0.1) is 0 Å². The van der Waals surface area contributed by atoms with Crippen LogP contribution in [0.15, 0.2) is 29.3 Å². The number of aryl methyl sites for hydroxylation is 2. The molecule has 0 saturated carbocycles. The summed E-state index contributed by atoms with van der Waals surface area (Å²) in [6, 6.07) is 3.69. The van der Waals surface area contributed by atoms with Gasteiger partial charge in [0.2, 0.25) is 0 Å². The third kappa shape index (κ3) is 3.35. The van der Waals surface area contributed by atoms with Gasteiger partial charge < -0.3 is 10.6 Å². The lowest BCUT2D eigenvalue weighted by atomic mass is 10.2. The molecule has 0 aliphatic carbocycles. The van der Waals surface area contributed by atoms with Crippen molar-refractivity contribution in [3.8, 4) is 0 Å². The number of halogens is 1. The van der Waals surface area contributed by atoms with Gasteiger partial charge in [-0.3, -0.25) is 9.89 Å². The summed E-state index contributed by atoms with van der Waals surface area (Å²) in [5.74, 6) is -0.190. The van der Waals surface area contributed by atoms with Gasteiger partial charge in [0.25, 0.3) is 11.3 Å². The fourth-order valence-electron chi connectivity index (χ4n) is 2.39. The molecule has 0 aliphatic heterocycles. The van der Waals surface area contributed by atoms with Crippen LogP contribution in [0.25, 0.3) is 5.78 Å². The smallest absolute Gasteiger partial charge is 0.308 e. The number of fused-ring (bicyclic) bond motifs is 1. The van der Waals surface area contributed by atoms with Crippen LogP contribution in [0.2, 0.25) is 0 Å². The number of carbonyl (C=O) groups excluding carboxylic acids is 1. The number of aromatic amines is 1. The molecule has 0 spiro atoms. The number of nitrogens with one attached hydrogen (secondary N) is 3. The fourth-order valence-corrected chi connectivity index (χ4v) is 2.39. The Bertz CT molecular complexity index is 994. The maximum Gasteiger partial charge on any atom is 0.323 e. The van der Waals surface area contributed by atoms with Crippen molar-refractivity contribution < 1.29 is 9.18 Å². The number of aromatic nitrogens is 4. The Kier molecular flexibility index (Phi) is 4.46. The van der Waals surface area contributed by atoms with E-state index in [1.165, 1.54) is 12.4 Å². The molecule has 2 heterocycles. The molecular weight excluding hydrogens is 327 g/mol. The molecule has 0 saturated heterocycles. The Balaban J connectivity index is 1.89. The predicted molar refractivity (Wildman–Crippen MR) is 91.4 cm³/mol. The fraction of sp³-hybridized carbons (Fsp3) is 0.250. The minimum Gasteiger partial charge on any atom is -0.308 e. The Morgan fingerprint density at radius 1 is 1.36 bits per heavy atom. The summed E-state index contributed by atoms with van der Waals surface area (Å²) in [5, 5.41) is 7.66. The van der Waals surface area contributed by atoms with E-state index in [0.717, 1.165) is 10.9 Å². The molecule has 8 nitrogen and oxygen atoms in total. The first-order valence-electron chi connectivity index (χ1n) is 7.78. The first kappa shape index (κ1) is 16.6. The topological polar surface area (TPSA) is 104 Å². The highest BCUT2D eigenvalue weighted by atomic mass is 19.1. The summed E-state index contributed by atoms with van der Waals surface area (Å²) in [4.78, 5) is 33.0. The van der Waals surface area contributed by atoms with Crippen molar-refractivity contribution >= 4 is 23.2 Å². The number of nitrogens with zero attached hydrogens (tertiary/aromatic N) is 3. The zero-order chi connectivity index (χ0) is 18.0. The van der Waals surface area contributed by atoms with Crippen molar-refractivity contribution in [2.45, 2.75) is 26.7 Å². The van der Waals surface area contributed by atoms with E-state index in [1.807, 2.05) is 6.92 Å². The van der Waals surface area contributed by atoms with E-state index in [2.05, 4.69) is 25.7 Å². The van der Waals surface area contributed by atoms with E-state index in [4.69, 9.17) is 0 Å². The average molecular weight is 344 g/mol. The molecule has 3 N–H and O–H groups in total. The molecule has 130 valence electrons. The first-order valence-corrected chi connectivity index (χ1v) is 7.78. The van der Waals surface area contributed by atoms with E-state index in [1.54, 1.807) is 19.1 Å². The minimum atomic E-state index is -0.654. The third-order valence-corrected chi connectivity index (χ3v) is 3.66. The SMILES string of the molecule is CCCc1nc2nc[nH]n2c(=O)c1NC(=O)Nc1ccc(C)c(F)c1. The quantitative estimate of drug-likeness (QED) is 0.676. The number of rotatable bonds is 4. The summed E-state index contributed by atoms with van der Waals surface area (Å²) in [6.07, 6.45) is 2.60. The number of hydrogen-bond acceptors (Lipinski definition) is 4. The first-order chi connectivity index (χ1) is 12.0. The van der Waals surface area contributed by atoms with Gasteiger partial charge in [-0.25, -0.2) is 19.2 Å². The van der Waals surface area contributed by atoms with Crippen molar-refractivity contribution in [2.75, 3.05) is 10.6 Å². The number of urea groups is 1. The number of H-pyrrole nitrogens is 1. The highest BCUT2D eigenvalue weighted by Crippen LogP contribution is 2.15. The maximum absolute atomic E-state index is 13.6. The van der Waals surface area contributed by atoms with Gasteiger partial charge in [0.05, 0.1) is 5.69 Å². The minimum absolute atomic E-state index is 0.0636. The monoisotopic (exact) mass is 344 g/mol. The van der Waals surface area contributed by atoms with Crippen molar-refractivity contribution in [3.63, 3.8) is 0 Å². The van der Waals surface area contributed by atoms with Crippen LogP contribution in [-0.4, -0.2) is 25.6 Å². The van der Waals surface area contributed by atoms with Crippen LogP contribution in [0.3, 0.4) is 0 Å². The molecule has 25 heavy (non-hydrogen) atoms. The second kappa shape index (κ2) is 6.71. The van der Waals surface area contributed by atoms with Crippen LogP contribution >= 0.6 is 0 Å². The summed E-state index contributed by atoms with van der Waals surface area (Å²) >= 11 is 0. The lowest BCUT2D eigenvalue weighted by molar-refractivity contribution is 0.262. The van der Waals surface area contributed by atoms with Crippen molar-refractivity contribution in [2.24, 2.45) is 0 Å². The van der Waals surface area contributed by atoms with Gasteiger partial charge >= 0.3 is 6.03 Å². The van der Waals surface area contributed by atoms with E-state index in [0.29, 0.717) is 17.7 Å². The van der Waals surface area contributed by atoms with Crippen molar-refractivity contribution in [3.05, 3.63) is 52.0 Å². The maximum atomic E-state index is 13.6. The Morgan fingerprint density at radius 2 is 2.16 bits per heavy atom. The molecular formula is C16H17FN6O2. The highest BCUT2D eigenvalue weighted by molar-refractivity contribution is 6.00. The number of amides is 2. The molecule has 0 radical (unpaired) electrons. The molecule has 0 bridgehead atoms. The number of hydrogen-bond donors (Lipinski definition) is 3. The molecule has 0 fully saturated rings. The lowest BCUT2D eigenvalue weighted by Crippen LogP contribution is -2.28. The van der Waals surface area contributed by atoms with Crippen LogP contribution in [0.1, 0.15) is 24.6 Å². The summed E-state index contributed by atoms with van der Waals surface area (Å²) in [7, 11) is 0. The molecule has 3 aromatic rings. The highest BCUT2D eigenvalue weighted by Gasteiger charge is 2.16. The molecule has 3 rings (SSSR count). The second-order valence-electron chi connectivity index (χ2n) is 5.55. The van der Waals surface area contributed by atoms with Gasteiger partial charge in [-0.2, -0.15) is 4.52 Å². The number of benzene rings is 1. The number of anilines is 2. The standard InChI is InChI=1S/C16H17FN6O2/c1-3-4-12-13(14(24)23-15(21-12)18-8-19-23)22-16(25)20-10-6-5-9(2)11(17)7-10/h5-8H,3-4H2,1-2H3,(H,18,19,21)(H2,20,22,25). The third-order valence-electron chi connectivity index (χ3n) is 3.66. The van der Waals surface area contributed by atoms with Crippen molar-refractivity contribution in [1.82, 2.24) is 19.6 Å². The molecule has 2 aromatic heterocycles. The Hall–Kier alpha value is -3.23. The van der Waals surface area contributed by atoms with Gasteiger partial charge in [-0.05, 0) is 31.0 Å². The van der Waals surface area contributed by atoms with Crippen LogP contribution in [-0.2, 0) is 6.42 Å². The van der Waals surface area contributed by atoms with Crippen LogP contribution < -0.4 is 16.2 Å². The van der Waals surface area contributed by atoms with E-state index < -0.39 is 17.4 Å². The molecule has 2 amide bonds. The van der Waals surface area contributed by atoms with Crippen LogP contribution in [0.5, 0.6) is 0 Å². The van der Waals surface area contributed by atoms with Crippen LogP contribution in [0.4, 0.5) is 20.6 Å². The second-order valence-corrected chi connectivity index (χ2v) is 5.55. The molecule has 1 aromatic carbocycles. The normalized spacial score (nSPS) is 10.8. The van der Waals surface area contributed by atoms with Crippen molar-refractivity contribution in [1.29, 1.82) is 0 Å². The zero-order valence-electron chi connectivity index (χ0n) is 13.8. The summed E-state index contributed by atoms with van der Waals surface area (Å²) < 4.78 is 14.7. The molecule has 0 unspecified atom stereocenters. The zero-order valence-corrected chi connectivity index (χ0v) is 13.8. The lowest BCUT2D eigenvalue weighted by Gasteiger charge is -2.11. The summed E-state index contributed by atoms with van der Waals surface area (Å²) in [6.45, 7) is 3.56. The molecule has 9 heteroatoms. The van der Waals surface area contributed by atoms with Gasteiger partial charge in [-0.1, -0.05) is 19.4 Å². The van der Waals surface area contributed by atoms with Gasteiger partial charge in [0, 0.05) is 5.69 Å². The Morgan fingerprint density at radius 3 is 2.88 bits per heavy atom. The Labute approximate surface area is 142 Å². The van der Waals surface area contributed by atoms with Gasteiger partial charge in [0.1, 0.15) is 17.8 Å². The predicted octanol–water partition coefficient (Wildman–Crippen LogP) is 2.46. The number of carbonyl (C=O) groups is 1. The molecule has 0 atom stereocenters. The average Bonchev–Trinajstić information content (AvgIpc) is 3.03.